The van der Waals surface area contributed by atoms with Crippen molar-refractivity contribution in [2.75, 3.05) is 5.73 Å². The van der Waals surface area contributed by atoms with E-state index in [9.17, 15) is 0 Å². The molecule has 4 heteroatoms. The average Bonchev–Trinajstić information content (AvgIpc) is 2.82. The zero-order chi connectivity index (χ0) is 13.2. The second-order valence-electron chi connectivity index (χ2n) is 4.32. The molecule has 0 aliphatic rings. The van der Waals surface area contributed by atoms with Crippen molar-refractivity contribution >= 4 is 5.88 Å². The molecule has 19 heavy (non-hydrogen) atoms. The Morgan fingerprint density at radius 3 is 2.53 bits per heavy atom. The molecule has 0 bridgehead atoms. The van der Waals surface area contributed by atoms with Crippen molar-refractivity contribution < 1.29 is 4.52 Å². The van der Waals surface area contributed by atoms with Gasteiger partial charge in [-0.3, -0.25) is 4.98 Å². The molecule has 0 atom stereocenters. The summed E-state index contributed by atoms with van der Waals surface area (Å²) in [6, 6.07) is 11.8. The van der Waals surface area contributed by atoms with E-state index in [4.69, 9.17) is 10.3 Å². The number of nitrogens with two attached hydrogens (primary N) is 1. The Kier molecular flexibility index (Phi) is 2.76. The summed E-state index contributed by atoms with van der Waals surface area (Å²) in [5, 5.41) is 4.08. The Balaban J connectivity index is 2.23. The summed E-state index contributed by atoms with van der Waals surface area (Å²) in [4.78, 5) is 4.01. The number of hydrogen-bond donors (Lipinski definition) is 1. The summed E-state index contributed by atoms with van der Waals surface area (Å²) in [5.41, 5.74) is 10.6. The maximum absolute atomic E-state index is 5.93. The van der Waals surface area contributed by atoms with Crippen LogP contribution in [0, 0.1) is 6.92 Å². The van der Waals surface area contributed by atoms with Gasteiger partial charge in [-0.2, -0.15) is 0 Å². The molecule has 0 amide bonds. The van der Waals surface area contributed by atoms with Crippen LogP contribution in [0.3, 0.4) is 0 Å². The van der Waals surface area contributed by atoms with Crippen molar-refractivity contribution in [2.24, 2.45) is 0 Å². The minimum Gasteiger partial charge on any atom is -0.367 e. The van der Waals surface area contributed by atoms with Crippen LogP contribution in [0.2, 0.25) is 0 Å². The van der Waals surface area contributed by atoms with E-state index in [1.165, 1.54) is 0 Å². The number of hydrogen-bond acceptors (Lipinski definition) is 4. The van der Waals surface area contributed by atoms with Gasteiger partial charge in [0.05, 0.1) is 5.56 Å². The third-order valence-corrected chi connectivity index (χ3v) is 3.09. The van der Waals surface area contributed by atoms with Crippen LogP contribution < -0.4 is 5.73 Å². The molecule has 0 radical (unpaired) electrons. The average molecular weight is 251 g/mol. The van der Waals surface area contributed by atoms with E-state index in [1.807, 2.05) is 43.3 Å². The van der Waals surface area contributed by atoms with Crippen molar-refractivity contribution in [3.8, 4) is 22.4 Å². The Morgan fingerprint density at radius 1 is 1.05 bits per heavy atom. The summed E-state index contributed by atoms with van der Waals surface area (Å²) in [7, 11) is 0. The van der Waals surface area contributed by atoms with Crippen molar-refractivity contribution in [1.29, 1.82) is 0 Å². The number of anilines is 1. The predicted octanol–water partition coefficient (Wildman–Crippen LogP) is 3.29. The highest BCUT2D eigenvalue weighted by Gasteiger charge is 2.18. The molecule has 3 rings (SSSR count). The van der Waals surface area contributed by atoms with Gasteiger partial charge < -0.3 is 10.3 Å². The fourth-order valence-corrected chi connectivity index (χ4v) is 2.12. The highest BCUT2D eigenvalue weighted by atomic mass is 16.5. The van der Waals surface area contributed by atoms with Crippen LogP contribution in [-0.2, 0) is 0 Å². The summed E-state index contributed by atoms with van der Waals surface area (Å²) >= 11 is 0. The lowest BCUT2D eigenvalue weighted by Crippen LogP contribution is -1.90. The molecule has 3 aromatic rings. The number of nitrogens with zero attached hydrogens (tertiary/aromatic N) is 2. The molecular formula is C15H13N3O. The lowest BCUT2D eigenvalue weighted by Gasteiger charge is -2.05. The van der Waals surface area contributed by atoms with Gasteiger partial charge in [-0.25, -0.2) is 0 Å². The molecule has 0 spiro atoms. The summed E-state index contributed by atoms with van der Waals surface area (Å²) in [5.74, 6) is 0.334. The fourth-order valence-electron chi connectivity index (χ4n) is 2.12. The van der Waals surface area contributed by atoms with Crippen molar-refractivity contribution in [2.45, 2.75) is 6.92 Å². The van der Waals surface area contributed by atoms with Gasteiger partial charge in [-0.15, -0.1) is 0 Å². The molecule has 2 aromatic heterocycles. The topological polar surface area (TPSA) is 64.9 Å². The van der Waals surface area contributed by atoms with Gasteiger partial charge in [0.2, 0.25) is 5.88 Å². The molecule has 0 fully saturated rings. The molecule has 4 nitrogen and oxygen atoms in total. The monoisotopic (exact) mass is 251 g/mol. The van der Waals surface area contributed by atoms with Gasteiger partial charge in [0.1, 0.15) is 5.69 Å². The van der Waals surface area contributed by atoms with Crippen molar-refractivity contribution in [3.63, 3.8) is 0 Å². The van der Waals surface area contributed by atoms with Gasteiger partial charge >= 0.3 is 0 Å². The van der Waals surface area contributed by atoms with Gasteiger partial charge in [0.25, 0.3) is 0 Å². The van der Waals surface area contributed by atoms with Gasteiger partial charge in [-0.1, -0.05) is 29.4 Å². The second kappa shape index (κ2) is 4.57. The summed E-state index contributed by atoms with van der Waals surface area (Å²) in [6.45, 7) is 2.04. The van der Waals surface area contributed by atoms with Crippen molar-refractivity contribution in [1.82, 2.24) is 10.1 Å². The highest BCUT2D eigenvalue weighted by Crippen LogP contribution is 2.37. The number of benzene rings is 1. The quantitative estimate of drug-likeness (QED) is 0.759. The van der Waals surface area contributed by atoms with Crippen LogP contribution in [0.1, 0.15) is 5.56 Å². The molecule has 0 aliphatic carbocycles. The highest BCUT2D eigenvalue weighted by molar-refractivity contribution is 5.87. The molecule has 94 valence electrons. The number of pyridine rings is 1. The summed E-state index contributed by atoms with van der Waals surface area (Å²) < 4.78 is 5.17. The van der Waals surface area contributed by atoms with Gasteiger partial charge in [0.15, 0.2) is 0 Å². The third-order valence-electron chi connectivity index (χ3n) is 3.09. The van der Waals surface area contributed by atoms with E-state index in [0.29, 0.717) is 5.88 Å². The first-order chi connectivity index (χ1) is 9.27. The molecule has 1 aromatic carbocycles. The zero-order valence-corrected chi connectivity index (χ0v) is 10.5. The Morgan fingerprint density at radius 2 is 1.79 bits per heavy atom. The molecule has 2 N–H and O–H groups in total. The van der Waals surface area contributed by atoms with Crippen LogP contribution in [0.25, 0.3) is 22.4 Å². The summed E-state index contributed by atoms with van der Waals surface area (Å²) in [6.07, 6.45) is 3.45. The molecule has 0 aliphatic heterocycles. The van der Waals surface area contributed by atoms with Crippen LogP contribution >= 0.6 is 0 Å². The van der Waals surface area contributed by atoms with Crippen LogP contribution in [-0.4, -0.2) is 10.1 Å². The number of aromatic nitrogens is 2. The van der Waals surface area contributed by atoms with Gasteiger partial charge in [-0.05, 0) is 30.2 Å². The van der Waals surface area contributed by atoms with Crippen LogP contribution in [0.5, 0.6) is 0 Å². The van der Waals surface area contributed by atoms with E-state index in [-0.39, 0.29) is 0 Å². The first-order valence-corrected chi connectivity index (χ1v) is 5.99. The molecule has 0 saturated carbocycles. The van der Waals surface area contributed by atoms with E-state index in [1.54, 1.807) is 12.4 Å². The minimum absolute atomic E-state index is 0.334. The molecular weight excluding hydrogens is 238 g/mol. The number of aryl methyl sites for hydroxylation is 1. The Hall–Kier alpha value is -2.62. The van der Waals surface area contributed by atoms with E-state index >= 15 is 0 Å². The predicted molar refractivity (Wildman–Crippen MR) is 74.3 cm³/mol. The Labute approximate surface area is 110 Å². The SMILES string of the molecule is Cc1ccccc1-c1c(-c2ccncc2)noc1N. The smallest absolute Gasteiger partial charge is 0.230 e. The largest absolute Gasteiger partial charge is 0.367 e. The molecule has 0 saturated heterocycles. The first kappa shape index (κ1) is 11.5. The maximum atomic E-state index is 5.93. The Bertz CT molecular complexity index is 704. The maximum Gasteiger partial charge on any atom is 0.230 e. The van der Waals surface area contributed by atoms with E-state index in [0.717, 1.165) is 27.9 Å². The third kappa shape index (κ3) is 1.97. The standard InChI is InChI=1S/C15H13N3O/c1-10-4-2-3-5-12(10)13-14(18-19-15(13)16)11-6-8-17-9-7-11/h2-9H,16H2,1H3. The lowest BCUT2D eigenvalue weighted by atomic mass is 9.98. The fraction of sp³-hybridized carbons (Fsp3) is 0.0667. The normalized spacial score (nSPS) is 10.6. The van der Waals surface area contributed by atoms with Crippen LogP contribution in [0.15, 0.2) is 53.3 Å². The van der Waals surface area contributed by atoms with Crippen LogP contribution in [0.4, 0.5) is 5.88 Å². The van der Waals surface area contributed by atoms with E-state index in [2.05, 4.69) is 10.1 Å². The number of nitrogen functional groups attached to an aromatic ring is 1. The lowest BCUT2D eigenvalue weighted by molar-refractivity contribution is 0.439. The van der Waals surface area contributed by atoms with Gasteiger partial charge in [0, 0.05) is 18.0 Å². The molecule has 0 unspecified atom stereocenters. The van der Waals surface area contributed by atoms with E-state index < -0.39 is 0 Å². The molecule has 2 heterocycles. The number of rotatable bonds is 2. The zero-order valence-electron chi connectivity index (χ0n) is 10.5. The minimum atomic E-state index is 0.334. The van der Waals surface area contributed by atoms with Crippen molar-refractivity contribution in [3.05, 3.63) is 54.4 Å². The first-order valence-electron chi connectivity index (χ1n) is 5.99. The second-order valence-corrected chi connectivity index (χ2v) is 4.32.